The summed E-state index contributed by atoms with van der Waals surface area (Å²) >= 11 is 7.76. The van der Waals surface area contributed by atoms with Crippen LogP contribution in [0.5, 0.6) is 0 Å². The Morgan fingerprint density at radius 2 is 1.63 bits per heavy atom. The molecule has 2 saturated heterocycles. The average molecular weight is 888 g/mol. The van der Waals surface area contributed by atoms with Crippen LogP contribution >= 0.6 is 23.4 Å². The first-order chi connectivity index (χ1) is 28.2. The van der Waals surface area contributed by atoms with Crippen LogP contribution in [-0.4, -0.2) is 146 Å². The number of primary amides is 1. The van der Waals surface area contributed by atoms with Crippen LogP contribution in [0.3, 0.4) is 0 Å². The molecule has 1 aromatic carbocycles. The number of amides is 6. The molecule has 3 rings (SSSR count). The van der Waals surface area contributed by atoms with E-state index in [0.29, 0.717) is 23.1 Å². The summed E-state index contributed by atoms with van der Waals surface area (Å²) < 4.78 is 6.34. The number of hydrogen-bond acceptors (Lipinski definition) is 11. The van der Waals surface area contributed by atoms with Crippen LogP contribution in [-0.2, 0) is 35.3 Å². The molecule has 0 bridgehead atoms. The molecule has 12 atom stereocenters. The maximum Gasteiger partial charge on any atom is 0.312 e. The van der Waals surface area contributed by atoms with Gasteiger partial charge in [-0.25, -0.2) is 4.79 Å². The topological polar surface area (TPSA) is 279 Å². The number of rotatable bonds is 22. The number of carboxylic acid groups (broad SMARTS) is 1. The van der Waals surface area contributed by atoms with Crippen LogP contribution < -0.4 is 32.3 Å². The lowest BCUT2D eigenvalue weighted by Gasteiger charge is -2.44. The molecule has 2 fully saturated rings. The highest BCUT2D eigenvalue weighted by Crippen LogP contribution is 2.36. The molecule has 2 heterocycles. The number of nitrogens with one attached hydrogen (secondary N) is 5. The smallest absolute Gasteiger partial charge is 0.312 e. The van der Waals surface area contributed by atoms with Gasteiger partial charge in [0.25, 0.3) is 5.91 Å². The van der Waals surface area contributed by atoms with Crippen LogP contribution in [0, 0.1) is 11.8 Å². The van der Waals surface area contributed by atoms with Crippen molar-refractivity contribution < 1.29 is 58.4 Å². The zero-order chi connectivity index (χ0) is 44.9. The quantitative estimate of drug-likeness (QED) is 0.0444. The predicted molar refractivity (Wildman–Crippen MR) is 226 cm³/mol. The normalized spacial score (nSPS) is 27.2. The van der Waals surface area contributed by atoms with Crippen molar-refractivity contribution in [1.82, 2.24) is 21.3 Å². The molecule has 60 heavy (non-hydrogen) atoms. The highest BCUT2D eigenvalue weighted by atomic mass is 35.5. The van der Waals surface area contributed by atoms with E-state index in [1.807, 2.05) is 19.2 Å². The summed E-state index contributed by atoms with van der Waals surface area (Å²) in [4.78, 5) is 75.8. The number of hydrogen-bond donors (Lipinski definition) is 10. The number of urea groups is 1. The Balaban J connectivity index is 1.77. The standard InChI is InChI=1S/C40H64ClN7O11S/c1-7-9-24-18-27(37(56)47-31(22(4)41)35-33(53)32(52)34(54)39(59-35)60-6)48(5,20-24)19-23-11-13-25(14-12-23)44-36(55)26(10-8-17-43-40(42)58)45-38(57)30(21(2)3)46-28(49)15-16-29(50)51/h11-14,21-22,24,26-27,30-35,39,52-54H,7-10,15-20H2,1-6H3,(H7-,42,43,44,45,46,47,49,50,51,55,56,57,58)/p+1/t22-,24+,26-,27-,30-,31?,32-,33+,34+,35+,39+,48?/m0/s1. The number of aliphatic carboxylic acids is 1. The van der Waals surface area contributed by atoms with Gasteiger partial charge < -0.3 is 62.0 Å². The third-order valence-corrected chi connectivity index (χ3v) is 12.3. The highest BCUT2D eigenvalue weighted by Gasteiger charge is 2.51. The number of carbonyl (C=O) groups is 6. The van der Waals surface area contributed by atoms with Crippen molar-refractivity contribution in [2.45, 2.75) is 139 Å². The Morgan fingerprint density at radius 3 is 2.20 bits per heavy atom. The maximum atomic E-state index is 14.2. The Morgan fingerprint density at radius 1 is 0.967 bits per heavy atom. The van der Waals surface area contributed by atoms with Gasteiger partial charge in [-0.3, -0.25) is 24.0 Å². The molecule has 0 spiro atoms. The number of carbonyl (C=O) groups excluding carboxylic acids is 5. The molecule has 6 amide bonds. The minimum absolute atomic E-state index is 0.113. The maximum absolute atomic E-state index is 14.2. The number of nitrogens with zero attached hydrogens (tertiary/aromatic N) is 1. The lowest BCUT2D eigenvalue weighted by atomic mass is 9.92. The summed E-state index contributed by atoms with van der Waals surface area (Å²) in [6, 6.07) is 2.90. The van der Waals surface area contributed by atoms with Gasteiger partial charge in [0.2, 0.25) is 17.7 Å². The summed E-state index contributed by atoms with van der Waals surface area (Å²) in [6.07, 6.45) is -1.51. The average Bonchev–Trinajstić information content (AvgIpc) is 3.51. The number of nitrogens with two attached hydrogens (primary N) is 1. The van der Waals surface area contributed by atoms with E-state index in [2.05, 4.69) is 33.5 Å². The molecular formula is C40H65ClN7O11S+. The second-order valence-corrected chi connectivity index (χ2v) is 18.1. The van der Waals surface area contributed by atoms with Gasteiger partial charge in [-0.1, -0.05) is 39.3 Å². The highest BCUT2D eigenvalue weighted by molar-refractivity contribution is 7.99. The number of alkyl halides is 1. The van der Waals surface area contributed by atoms with Gasteiger partial charge in [0.05, 0.1) is 31.4 Å². The van der Waals surface area contributed by atoms with Crippen LogP contribution in [0.2, 0.25) is 0 Å². The van der Waals surface area contributed by atoms with Gasteiger partial charge >= 0.3 is 12.0 Å². The molecule has 1 aromatic rings. The minimum Gasteiger partial charge on any atom is -0.481 e. The van der Waals surface area contributed by atoms with Crippen molar-refractivity contribution in [2.75, 3.05) is 31.7 Å². The van der Waals surface area contributed by atoms with E-state index in [0.717, 1.165) is 24.9 Å². The lowest BCUT2D eigenvalue weighted by Crippen LogP contribution is -2.66. The number of carboxylic acids is 1. The van der Waals surface area contributed by atoms with Crippen LogP contribution in [0.4, 0.5) is 10.5 Å². The monoisotopic (exact) mass is 886 g/mol. The molecule has 338 valence electrons. The fourth-order valence-corrected chi connectivity index (χ4v) is 8.90. The van der Waals surface area contributed by atoms with Crippen molar-refractivity contribution >= 4 is 64.7 Å². The SMILES string of the molecule is CCC[C@@H]1C[C@@H](C(=O)NC([C@H](C)Cl)[C@H]2O[C@H](SC)[C@H](O)[C@@H](O)[C@H]2O)[N+](C)(Cc2ccc(NC(=O)[C@H](CCCNC(N)=O)NC(=O)[C@@H](NC(=O)CCC(=O)O)C(C)C)cc2)C1. The van der Waals surface area contributed by atoms with Crippen molar-refractivity contribution in [3.63, 3.8) is 0 Å². The summed E-state index contributed by atoms with van der Waals surface area (Å²) in [5, 5.41) is 53.7. The number of aliphatic hydroxyl groups is 3. The molecule has 0 saturated carbocycles. The summed E-state index contributed by atoms with van der Waals surface area (Å²) in [7, 11) is 2.02. The number of halogens is 1. The fraction of sp³-hybridized carbons (Fsp3) is 0.700. The molecule has 0 aromatic heterocycles. The van der Waals surface area contributed by atoms with Gasteiger partial charge in [-0.05, 0) is 50.5 Å². The second kappa shape index (κ2) is 23.5. The molecule has 11 N–H and O–H groups in total. The number of quaternary nitrogens is 1. The van der Waals surface area contributed by atoms with Gasteiger partial charge in [-0.15, -0.1) is 23.4 Å². The zero-order valence-corrected chi connectivity index (χ0v) is 36.8. The van der Waals surface area contributed by atoms with Crippen molar-refractivity contribution in [3.05, 3.63) is 29.8 Å². The largest absolute Gasteiger partial charge is 0.481 e. The summed E-state index contributed by atoms with van der Waals surface area (Å²) in [6.45, 7) is 8.50. The molecule has 18 nitrogen and oxygen atoms in total. The number of likely N-dealkylation sites (tertiary alicyclic amines) is 1. The summed E-state index contributed by atoms with van der Waals surface area (Å²) in [5.41, 5.74) is 5.67. The van der Waals surface area contributed by atoms with Gasteiger partial charge in [0.1, 0.15) is 48.5 Å². The molecular weight excluding hydrogens is 822 g/mol. The van der Waals surface area contributed by atoms with Crippen LogP contribution in [0.1, 0.15) is 78.2 Å². The van der Waals surface area contributed by atoms with Gasteiger partial charge in [0.15, 0.2) is 6.04 Å². The van der Waals surface area contributed by atoms with Crippen molar-refractivity contribution in [1.29, 1.82) is 0 Å². The first-order valence-electron chi connectivity index (χ1n) is 20.5. The Bertz CT molecular complexity index is 1620. The first kappa shape index (κ1) is 50.6. The van der Waals surface area contributed by atoms with E-state index in [1.54, 1.807) is 39.2 Å². The van der Waals surface area contributed by atoms with E-state index in [1.165, 1.54) is 11.8 Å². The van der Waals surface area contributed by atoms with E-state index in [9.17, 15) is 44.1 Å². The molecule has 2 aliphatic heterocycles. The van der Waals surface area contributed by atoms with Gasteiger partial charge in [-0.2, -0.15) is 0 Å². The fourth-order valence-electron chi connectivity index (χ4n) is 8.02. The predicted octanol–water partition coefficient (Wildman–Crippen LogP) is 0.982. The van der Waals surface area contributed by atoms with E-state index < -0.39 is 101 Å². The van der Waals surface area contributed by atoms with E-state index in [-0.39, 0.29) is 37.6 Å². The zero-order valence-electron chi connectivity index (χ0n) is 35.3. The Hall–Kier alpha value is -3.72. The van der Waals surface area contributed by atoms with E-state index in [4.69, 9.17) is 27.2 Å². The van der Waals surface area contributed by atoms with Crippen LogP contribution in [0.25, 0.3) is 0 Å². The molecule has 2 unspecified atom stereocenters. The number of aliphatic hydroxyl groups excluding tert-OH is 3. The third-order valence-electron chi connectivity index (χ3n) is 11.2. The molecule has 20 heteroatoms. The second-order valence-electron chi connectivity index (χ2n) is 16.5. The molecule has 0 radical (unpaired) electrons. The van der Waals surface area contributed by atoms with Gasteiger partial charge in [0, 0.05) is 36.6 Å². The Kier molecular flexibility index (Phi) is 19.8. The third kappa shape index (κ3) is 14.4. The number of likely N-dealkylation sites (N-methyl/N-ethyl adjacent to an activating group) is 1. The number of benzene rings is 1. The first-order valence-corrected chi connectivity index (χ1v) is 22.2. The van der Waals surface area contributed by atoms with Crippen LogP contribution in [0.15, 0.2) is 24.3 Å². The van der Waals surface area contributed by atoms with Crippen molar-refractivity contribution in [2.24, 2.45) is 17.6 Å². The Labute approximate surface area is 361 Å². The van der Waals surface area contributed by atoms with Crippen molar-refractivity contribution in [3.8, 4) is 0 Å². The minimum atomic E-state index is -1.49. The molecule has 0 aliphatic carbocycles. The molecule has 2 aliphatic rings. The number of ether oxygens (including phenoxy) is 1. The summed E-state index contributed by atoms with van der Waals surface area (Å²) in [5.74, 6) is -3.36. The lowest BCUT2D eigenvalue weighted by molar-refractivity contribution is -0.926. The number of anilines is 1. The van der Waals surface area contributed by atoms with E-state index >= 15 is 0 Å². The number of thioether (sulfide) groups is 1.